The van der Waals surface area contributed by atoms with Gasteiger partial charge in [-0.15, -0.1) is 0 Å². The van der Waals surface area contributed by atoms with E-state index in [1.165, 1.54) is 11.1 Å². The Morgan fingerprint density at radius 3 is 2.53 bits per heavy atom. The van der Waals surface area contributed by atoms with Crippen LogP contribution in [0.5, 0.6) is 5.75 Å². The number of hydrogen-bond acceptors (Lipinski definition) is 2. The number of nitrogens with one attached hydrogen (secondary N) is 1. The molecule has 19 heavy (non-hydrogen) atoms. The molecule has 2 rings (SSSR count). The standard InChI is InChI=1S/C16H18ClNO/c1-19-16-5-3-2-4-14(16)10-11-18-12-13-6-8-15(17)9-7-13/h2-9,18H,10-12H2,1H3. The van der Waals surface area contributed by atoms with Crippen molar-refractivity contribution in [2.45, 2.75) is 13.0 Å². The third-order valence-corrected chi connectivity index (χ3v) is 3.26. The van der Waals surface area contributed by atoms with Crippen LogP contribution in [0, 0.1) is 0 Å². The van der Waals surface area contributed by atoms with Crippen molar-refractivity contribution in [3.63, 3.8) is 0 Å². The predicted octanol–water partition coefficient (Wildman–Crippen LogP) is 3.68. The van der Waals surface area contributed by atoms with Crippen LogP contribution in [0.15, 0.2) is 48.5 Å². The topological polar surface area (TPSA) is 21.3 Å². The van der Waals surface area contributed by atoms with E-state index in [9.17, 15) is 0 Å². The van der Waals surface area contributed by atoms with Crippen LogP contribution in [0.1, 0.15) is 11.1 Å². The van der Waals surface area contributed by atoms with E-state index in [1.54, 1.807) is 7.11 Å². The van der Waals surface area contributed by atoms with Crippen LogP contribution in [0.3, 0.4) is 0 Å². The Hall–Kier alpha value is -1.51. The monoisotopic (exact) mass is 275 g/mol. The average Bonchev–Trinajstić information content (AvgIpc) is 2.46. The van der Waals surface area contributed by atoms with Gasteiger partial charge >= 0.3 is 0 Å². The first kappa shape index (κ1) is 13.9. The number of benzene rings is 2. The fourth-order valence-corrected chi connectivity index (χ4v) is 2.09. The lowest BCUT2D eigenvalue weighted by Gasteiger charge is -2.09. The largest absolute Gasteiger partial charge is 0.496 e. The van der Waals surface area contributed by atoms with E-state index < -0.39 is 0 Å². The normalized spacial score (nSPS) is 10.4. The van der Waals surface area contributed by atoms with Gasteiger partial charge in [0.2, 0.25) is 0 Å². The Morgan fingerprint density at radius 2 is 1.79 bits per heavy atom. The molecule has 2 aromatic carbocycles. The van der Waals surface area contributed by atoms with Gasteiger partial charge in [0.1, 0.15) is 5.75 Å². The minimum atomic E-state index is 0.776. The SMILES string of the molecule is COc1ccccc1CCNCc1ccc(Cl)cc1. The molecule has 2 aromatic rings. The van der Waals surface area contributed by atoms with Crippen molar-refractivity contribution >= 4 is 11.6 Å². The number of para-hydroxylation sites is 1. The molecule has 0 atom stereocenters. The predicted molar refractivity (Wildman–Crippen MR) is 79.9 cm³/mol. The van der Waals surface area contributed by atoms with Gasteiger partial charge in [0, 0.05) is 11.6 Å². The highest BCUT2D eigenvalue weighted by molar-refractivity contribution is 6.30. The van der Waals surface area contributed by atoms with Gasteiger partial charge < -0.3 is 10.1 Å². The Balaban J connectivity index is 1.79. The van der Waals surface area contributed by atoms with Gasteiger partial charge in [-0.05, 0) is 42.3 Å². The van der Waals surface area contributed by atoms with Crippen LogP contribution >= 0.6 is 11.6 Å². The zero-order valence-corrected chi connectivity index (χ0v) is 11.8. The Bertz CT molecular complexity index is 510. The number of rotatable bonds is 6. The van der Waals surface area contributed by atoms with E-state index in [2.05, 4.69) is 11.4 Å². The maximum Gasteiger partial charge on any atom is 0.122 e. The third-order valence-electron chi connectivity index (χ3n) is 3.01. The van der Waals surface area contributed by atoms with Crippen molar-refractivity contribution in [1.82, 2.24) is 5.32 Å². The molecule has 0 bridgehead atoms. The summed E-state index contributed by atoms with van der Waals surface area (Å²) in [4.78, 5) is 0. The summed E-state index contributed by atoms with van der Waals surface area (Å²) in [6.45, 7) is 1.77. The smallest absolute Gasteiger partial charge is 0.122 e. The highest BCUT2D eigenvalue weighted by Gasteiger charge is 2.00. The molecule has 0 unspecified atom stereocenters. The molecule has 0 saturated carbocycles. The van der Waals surface area contributed by atoms with Crippen molar-refractivity contribution in [1.29, 1.82) is 0 Å². The first-order valence-electron chi connectivity index (χ1n) is 6.36. The summed E-state index contributed by atoms with van der Waals surface area (Å²) in [5.41, 5.74) is 2.47. The molecule has 0 aromatic heterocycles. The molecule has 0 spiro atoms. The maximum atomic E-state index is 5.85. The Labute approximate surface area is 119 Å². The molecular weight excluding hydrogens is 258 g/mol. The highest BCUT2D eigenvalue weighted by Crippen LogP contribution is 2.17. The highest BCUT2D eigenvalue weighted by atomic mass is 35.5. The summed E-state index contributed by atoms with van der Waals surface area (Å²) < 4.78 is 5.33. The van der Waals surface area contributed by atoms with E-state index in [1.807, 2.05) is 42.5 Å². The third kappa shape index (κ3) is 4.27. The minimum Gasteiger partial charge on any atom is -0.496 e. The fraction of sp³-hybridized carbons (Fsp3) is 0.250. The summed E-state index contributed by atoms with van der Waals surface area (Å²) in [6, 6.07) is 16.0. The second-order valence-electron chi connectivity index (χ2n) is 4.37. The van der Waals surface area contributed by atoms with E-state index >= 15 is 0 Å². The lowest BCUT2D eigenvalue weighted by Crippen LogP contribution is -2.16. The first-order valence-corrected chi connectivity index (χ1v) is 6.74. The lowest BCUT2D eigenvalue weighted by molar-refractivity contribution is 0.409. The molecule has 0 aliphatic carbocycles. The molecule has 0 fully saturated rings. The van der Waals surface area contributed by atoms with E-state index in [0.29, 0.717) is 0 Å². The number of hydrogen-bond donors (Lipinski definition) is 1. The zero-order valence-electron chi connectivity index (χ0n) is 11.0. The molecule has 0 aliphatic heterocycles. The van der Waals surface area contributed by atoms with Crippen molar-refractivity contribution in [3.05, 3.63) is 64.7 Å². The summed E-state index contributed by atoms with van der Waals surface area (Å²) >= 11 is 5.85. The van der Waals surface area contributed by atoms with Crippen molar-refractivity contribution < 1.29 is 4.74 Å². The van der Waals surface area contributed by atoms with Crippen LogP contribution in [0.2, 0.25) is 5.02 Å². The number of ether oxygens (including phenoxy) is 1. The maximum absolute atomic E-state index is 5.85. The van der Waals surface area contributed by atoms with Gasteiger partial charge in [-0.2, -0.15) is 0 Å². The molecule has 0 saturated heterocycles. The fourth-order valence-electron chi connectivity index (χ4n) is 1.97. The summed E-state index contributed by atoms with van der Waals surface area (Å²) in [6.07, 6.45) is 0.956. The van der Waals surface area contributed by atoms with Crippen LogP contribution < -0.4 is 10.1 Å². The number of methoxy groups -OCH3 is 1. The Morgan fingerprint density at radius 1 is 1.05 bits per heavy atom. The summed E-state index contributed by atoms with van der Waals surface area (Å²) in [7, 11) is 1.71. The molecule has 3 heteroatoms. The van der Waals surface area contributed by atoms with Crippen molar-refractivity contribution in [2.75, 3.05) is 13.7 Å². The molecule has 0 amide bonds. The second kappa shape index (κ2) is 7.17. The van der Waals surface area contributed by atoms with Gasteiger partial charge in [0.25, 0.3) is 0 Å². The quantitative estimate of drug-likeness (QED) is 0.812. The summed E-state index contributed by atoms with van der Waals surface area (Å²) in [5, 5.41) is 4.20. The average molecular weight is 276 g/mol. The molecule has 0 aliphatic rings. The van der Waals surface area contributed by atoms with Gasteiger partial charge in [-0.3, -0.25) is 0 Å². The van der Waals surface area contributed by atoms with Crippen LogP contribution in [-0.4, -0.2) is 13.7 Å². The van der Waals surface area contributed by atoms with E-state index in [0.717, 1.165) is 30.3 Å². The Kier molecular flexibility index (Phi) is 5.25. The van der Waals surface area contributed by atoms with Crippen LogP contribution in [-0.2, 0) is 13.0 Å². The molecule has 2 nitrogen and oxygen atoms in total. The first-order chi connectivity index (χ1) is 9.29. The lowest BCUT2D eigenvalue weighted by atomic mass is 10.1. The zero-order chi connectivity index (χ0) is 13.5. The van der Waals surface area contributed by atoms with Crippen molar-refractivity contribution in [3.8, 4) is 5.75 Å². The summed E-state index contributed by atoms with van der Waals surface area (Å²) in [5.74, 6) is 0.954. The molecule has 1 N–H and O–H groups in total. The molecule has 0 heterocycles. The van der Waals surface area contributed by atoms with Gasteiger partial charge in [-0.25, -0.2) is 0 Å². The molecule has 100 valence electrons. The van der Waals surface area contributed by atoms with Crippen molar-refractivity contribution in [2.24, 2.45) is 0 Å². The second-order valence-corrected chi connectivity index (χ2v) is 4.80. The minimum absolute atomic E-state index is 0.776. The van der Waals surface area contributed by atoms with Crippen LogP contribution in [0.4, 0.5) is 0 Å². The van der Waals surface area contributed by atoms with Gasteiger partial charge in [-0.1, -0.05) is 41.9 Å². The van der Waals surface area contributed by atoms with Gasteiger partial charge in [0.15, 0.2) is 0 Å². The van der Waals surface area contributed by atoms with Gasteiger partial charge in [0.05, 0.1) is 7.11 Å². The molecular formula is C16H18ClNO. The van der Waals surface area contributed by atoms with Crippen LogP contribution in [0.25, 0.3) is 0 Å². The van der Waals surface area contributed by atoms with E-state index in [-0.39, 0.29) is 0 Å². The number of halogens is 1. The van der Waals surface area contributed by atoms with E-state index in [4.69, 9.17) is 16.3 Å². The molecule has 0 radical (unpaired) electrons.